The van der Waals surface area contributed by atoms with Crippen LogP contribution in [0, 0.1) is 11.3 Å². The van der Waals surface area contributed by atoms with E-state index in [1.54, 1.807) is 6.21 Å². The van der Waals surface area contributed by atoms with Crippen LogP contribution in [-0.2, 0) is 6.61 Å². The third-order valence-corrected chi connectivity index (χ3v) is 6.56. The van der Waals surface area contributed by atoms with Crippen LogP contribution in [0.15, 0.2) is 137 Å². The zero-order valence-electron chi connectivity index (χ0n) is 21.1. The molecule has 39 heavy (non-hydrogen) atoms. The number of rotatable bonds is 7. The predicted octanol–water partition coefficient (Wildman–Crippen LogP) is 8.97. The van der Waals surface area contributed by atoms with Gasteiger partial charge in [0.25, 0.3) is 0 Å². The Morgan fingerprint density at radius 1 is 0.744 bits per heavy atom. The van der Waals surface area contributed by atoms with E-state index in [1.165, 1.54) is 10.8 Å². The fourth-order valence-electron chi connectivity index (χ4n) is 4.68. The number of nitriles is 1. The molecule has 0 N–H and O–H groups in total. The lowest BCUT2D eigenvalue weighted by Crippen LogP contribution is -1.97. The molecule has 6 rings (SSSR count). The van der Waals surface area contributed by atoms with E-state index >= 15 is 0 Å². The number of aliphatic imine (C=N–C) groups is 1. The minimum atomic E-state index is 0.275. The molecule has 6 aromatic rings. The van der Waals surface area contributed by atoms with Crippen LogP contribution in [-0.4, -0.2) is 6.21 Å². The maximum Gasteiger partial charge on any atom is 0.238 e. The van der Waals surface area contributed by atoms with E-state index in [-0.39, 0.29) is 5.88 Å². The van der Waals surface area contributed by atoms with Crippen molar-refractivity contribution in [3.63, 3.8) is 0 Å². The van der Waals surface area contributed by atoms with Crippen LogP contribution in [0.2, 0.25) is 0 Å². The van der Waals surface area contributed by atoms with Gasteiger partial charge in [0.1, 0.15) is 29.7 Å². The van der Waals surface area contributed by atoms with Gasteiger partial charge >= 0.3 is 0 Å². The molecule has 5 aromatic carbocycles. The van der Waals surface area contributed by atoms with E-state index in [4.69, 9.17) is 9.15 Å². The monoisotopic (exact) mass is 504 g/mol. The van der Waals surface area contributed by atoms with Crippen molar-refractivity contribution < 1.29 is 9.15 Å². The van der Waals surface area contributed by atoms with E-state index in [0.717, 1.165) is 33.6 Å². The summed E-state index contributed by atoms with van der Waals surface area (Å²) in [5.74, 6) is 1.64. The largest absolute Gasteiger partial charge is 0.489 e. The predicted molar refractivity (Wildman–Crippen MR) is 156 cm³/mol. The van der Waals surface area contributed by atoms with E-state index < -0.39 is 0 Å². The summed E-state index contributed by atoms with van der Waals surface area (Å²) in [7, 11) is 0. The van der Waals surface area contributed by atoms with Gasteiger partial charge in [0.2, 0.25) is 5.88 Å². The molecule has 0 atom stereocenters. The summed E-state index contributed by atoms with van der Waals surface area (Å²) in [6, 6.07) is 44.2. The number of fused-ring (bicyclic) bond motifs is 1. The van der Waals surface area contributed by atoms with Crippen molar-refractivity contribution in [2.75, 3.05) is 0 Å². The van der Waals surface area contributed by atoms with Gasteiger partial charge in [-0.05, 0) is 39.6 Å². The second kappa shape index (κ2) is 10.9. The zero-order chi connectivity index (χ0) is 26.4. The molecule has 0 spiro atoms. The number of benzene rings is 5. The van der Waals surface area contributed by atoms with Crippen molar-refractivity contribution in [1.82, 2.24) is 0 Å². The third-order valence-electron chi connectivity index (χ3n) is 6.56. The molecule has 186 valence electrons. The first-order valence-electron chi connectivity index (χ1n) is 12.7. The molecule has 4 heteroatoms. The van der Waals surface area contributed by atoms with Crippen LogP contribution >= 0.6 is 0 Å². The number of ether oxygens (including phenoxy) is 1. The van der Waals surface area contributed by atoms with Crippen LogP contribution in [0.3, 0.4) is 0 Å². The first-order chi connectivity index (χ1) is 19.3. The summed E-state index contributed by atoms with van der Waals surface area (Å²) in [5, 5.41) is 12.5. The summed E-state index contributed by atoms with van der Waals surface area (Å²) >= 11 is 0. The van der Waals surface area contributed by atoms with Crippen molar-refractivity contribution >= 4 is 22.9 Å². The third kappa shape index (κ3) is 5.07. The number of hydrogen-bond acceptors (Lipinski definition) is 4. The highest BCUT2D eigenvalue weighted by Gasteiger charge is 2.22. The normalized spacial score (nSPS) is 11.1. The van der Waals surface area contributed by atoms with E-state index in [2.05, 4.69) is 35.3 Å². The lowest BCUT2D eigenvalue weighted by molar-refractivity contribution is 0.307. The first-order valence-corrected chi connectivity index (χ1v) is 12.7. The summed E-state index contributed by atoms with van der Waals surface area (Å²) in [6.07, 6.45) is 1.70. The number of nitrogens with zero attached hydrogens (tertiary/aromatic N) is 2. The van der Waals surface area contributed by atoms with Crippen LogP contribution in [0.5, 0.6) is 5.75 Å². The van der Waals surface area contributed by atoms with Crippen molar-refractivity contribution in [2.24, 2.45) is 4.99 Å². The lowest BCUT2D eigenvalue weighted by Gasteiger charge is -2.09. The average Bonchev–Trinajstić information content (AvgIpc) is 3.38. The Kier molecular flexibility index (Phi) is 6.71. The second-order valence-electron chi connectivity index (χ2n) is 9.09. The zero-order valence-corrected chi connectivity index (χ0v) is 21.1. The molecule has 0 aliphatic rings. The molecule has 0 radical (unpaired) electrons. The Bertz CT molecular complexity index is 1810. The molecular formula is C35H24N2O2. The number of furan rings is 1. The molecule has 1 aromatic heterocycles. The van der Waals surface area contributed by atoms with Gasteiger partial charge in [0, 0.05) is 17.3 Å². The van der Waals surface area contributed by atoms with Crippen LogP contribution in [0.1, 0.15) is 16.7 Å². The molecule has 0 bridgehead atoms. The molecule has 0 amide bonds. The van der Waals surface area contributed by atoms with Gasteiger partial charge < -0.3 is 9.15 Å². The van der Waals surface area contributed by atoms with Crippen LogP contribution < -0.4 is 4.74 Å². The molecular weight excluding hydrogens is 480 g/mol. The Hall–Kier alpha value is -5.40. The van der Waals surface area contributed by atoms with E-state index in [0.29, 0.717) is 17.9 Å². The van der Waals surface area contributed by atoms with Gasteiger partial charge in [-0.2, -0.15) is 5.26 Å². The summed E-state index contributed by atoms with van der Waals surface area (Å²) in [5.41, 5.74) is 4.90. The van der Waals surface area contributed by atoms with Gasteiger partial charge in [-0.25, -0.2) is 4.99 Å². The Labute approximate surface area is 227 Å². The fourth-order valence-corrected chi connectivity index (χ4v) is 4.68. The minimum Gasteiger partial charge on any atom is -0.489 e. The summed E-state index contributed by atoms with van der Waals surface area (Å²) in [4.78, 5) is 4.61. The molecule has 0 unspecified atom stereocenters. The molecule has 4 nitrogen and oxygen atoms in total. The summed E-state index contributed by atoms with van der Waals surface area (Å²) < 4.78 is 12.4. The second-order valence-corrected chi connectivity index (χ2v) is 9.09. The maximum absolute atomic E-state index is 10.1. The van der Waals surface area contributed by atoms with Crippen molar-refractivity contribution in [1.29, 1.82) is 5.26 Å². The van der Waals surface area contributed by atoms with E-state index in [1.807, 2.05) is 103 Å². The topological polar surface area (TPSA) is 58.5 Å². The van der Waals surface area contributed by atoms with E-state index in [9.17, 15) is 5.26 Å². The van der Waals surface area contributed by atoms with Gasteiger partial charge in [0.15, 0.2) is 0 Å². The summed E-state index contributed by atoms with van der Waals surface area (Å²) in [6.45, 7) is 0.458. The Morgan fingerprint density at radius 3 is 2.23 bits per heavy atom. The van der Waals surface area contributed by atoms with Crippen LogP contribution in [0.25, 0.3) is 33.2 Å². The average molecular weight is 505 g/mol. The van der Waals surface area contributed by atoms with Crippen molar-refractivity contribution in [3.8, 4) is 34.3 Å². The van der Waals surface area contributed by atoms with Crippen LogP contribution in [0.4, 0.5) is 5.88 Å². The van der Waals surface area contributed by atoms with Gasteiger partial charge in [-0.15, -0.1) is 0 Å². The highest BCUT2D eigenvalue weighted by atomic mass is 16.5. The van der Waals surface area contributed by atoms with Gasteiger partial charge in [0.05, 0.1) is 0 Å². The molecule has 0 saturated heterocycles. The van der Waals surface area contributed by atoms with Crippen molar-refractivity contribution in [2.45, 2.75) is 6.61 Å². The molecule has 0 fully saturated rings. The fraction of sp³-hybridized carbons (Fsp3) is 0.0286. The Morgan fingerprint density at radius 2 is 1.44 bits per heavy atom. The van der Waals surface area contributed by atoms with Crippen molar-refractivity contribution in [3.05, 3.63) is 144 Å². The standard InChI is InChI=1S/C35H24N2O2/c36-22-32-33(27-13-3-1-4-14-27)34(28-15-5-2-6-16-28)39-35(32)37-23-25-11-9-19-30(21-25)38-24-29-18-10-17-26-12-7-8-20-31(26)29/h1-21,23H,24H2. The smallest absolute Gasteiger partial charge is 0.238 e. The lowest BCUT2D eigenvalue weighted by atomic mass is 9.98. The number of hydrogen-bond donors (Lipinski definition) is 0. The van der Waals surface area contributed by atoms with Gasteiger partial charge in [-0.1, -0.05) is 115 Å². The molecule has 1 heterocycles. The maximum atomic E-state index is 10.1. The molecule has 0 aliphatic heterocycles. The Balaban J connectivity index is 1.30. The highest BCUT2D eigenvalue weighted by Crippen LogP contribution is 2.42. The van der Waals surface area contributed by atoms with Gasteiger partial charge in [-0.3, -0.25) is 0 Å². The quantitative estimate of drug-likeness (QED) is 0.204. The minimum absolute atomic E-state index is 0.275. The molecule has 0 aliphatic carbocycles. The SMILES string of the molecule is N#Cc1c(N=Cc2cccc(OCc3cccc4ccccc34)c2)oc(-c2ccccc2)c1-c1ccccc1. The molecule has 0 saturated carbocycles. The first kappa shape index (κ1) is 24.0. The highest BCUT2D eigenvalue weighted by molar-refractivity contribution is 5.90.